The predicted octanol–water partition coefficient (Wildman–Crippen LogP) is 3.47. The Morgan fingerprint density at radius 1 is 1.23 bits per heavy atom. The fourth-order valence-corrected chi connectivity index (χ4v) is 2.79. The summed E-state index contributed by atoms with van der Waals surface area (Å²) in [6.45, 7) is 10.2. The highest BCUT2D eigenvalue weighted by atomic mass is 16.6. The summed E-state index contributed by atoms with van der Waals surface area (Å²) in [6.07, 6.45) is 0.991. The first-order chi connectivity index (χ1) is 12.0. The summed E-state index contributed by atoms with van der Waals surface area (Å²) in [5.41, 5.74) is 1.38. The SMILES string of the molecule is CCC(C)(O)CC(=O)Nc1ccc2c(c1)CCN(C(=O)OC(C)(C)C)C2. The molecule has 1 aliphatic heterocycles. The lowest BCUT2D eigenvalue weighted by Crippen LogP contribution is -2.39. The molecule has 0 spiro atoms. The number of carbonyl (C=O) groups excluding carboxylic acids is 2. The van der Waals surface area contributed by atoms with Crippen LogP contribution >= 0.6 is 0 Å². The normalized spacial score (nSPS) is 16.5. The van der Waals surface area contributed by atoms with Gasteiger partial charge in [-0.3, -0.25) is 4.79 Å². The number of carbonyl (C=O) groups is 2. The van der Waals surface area contributed by atoms with Crippen molar-refractivity contribution in [1.29, 1.82) is 0 Å². The predicted molar refractivity (Wildman–Crippen MR) is 101 cm³/mol. The molecule has 1 aliphatic rings. The molecule has 6 heteroatoms. The van der Waals surface area contributed by atoms with Crippen molar-refractivity contribution in [3.05, 3.63) is 29.3 Å². The molecule has 0 aliphatic carbocycles. The Morgan fingerprint density at radius 3 is 2.54 bits per heavy atom. The molecule has 26 heavy (non-hydrogen) atoms. The second-order valence-corrected chi connectivity index (χ2v) is 8.21. The summed E-state index contributed by atoms with van der Waals surface area (Å²) < 4.78 is 5.43. The van der Waals surface area contributed by atoms with Crippen molar-refractivity contribution in [2.24, 2.45) is 0 Å². The molecule has 1 aromatic carbocycles. The van der Waals surface area contributed by atoms with Crippen LogP contribution in [0.15, 0.2) is 18.2 Å². The third-order valence-corrected chi connectivity index (χ3v) is 4.46. The van der Waals surface area contributed by atoms with Gasteiger partial charge in [-0.1, -0.05) is 13.0 Å². The number of fused-ring (bicyclic) bond motifs is 1. The second-order valence-electron chi connectivity index (χ2n) is 8.21. The Kier molecular flexibility index (Phi) is 5.96. The maximum atomic E-state index is 12.2. The fourth-order valence-electron chi connectivity index (χ4n) is 2.79. The van der Waals surface area contributed by atoms with Crippen LogP contribution in [0.1, 0.15) is 58.6 Å². The maximum Gasteiger partial charge on any atom is 0.410 e. The van der Waals surface area contributed by atoms with E-state index in [-0.39, 0.29) is 18.4 Å². The summed E-state index contributed by atoms with van der Waals surface area (Å²) in [5, 5.41) is 12.9. The van der Waals surface area contributed by atoms with Crippen LogP contribution < -0.4 is 5.32 Å². The Labute approximate surface area is 155 Å². The van der Waals surface area contributed by atoms with Gasteiger partial charge >= 0.3 is 6.09 Å². The highest BCUT2D eigenvalue weighted by Gasteiger charge is 2.26. The van der Waals surface area contributed by atoms with E-state index in [4.69, 9.17) is 4.74 Å². The molecule has 6 nitrogen and oxygen atoms in total. The highest BCUT2D eigenvalue weighted by molar-refractivity contribution is 5.91. The Balaban J connectivity index is 2.00. The summed E-state index contributed by atoms with van der Waals surface area (Å²) in [6, 6.07) is 5.70. The van der Waals surface area contributed by atoms with Gasteiger partial charge in [0.05, 0.1) is 12.0 Å². The quantitative estimate of drug-likeness (QED) is 0.860. The van der Waals surface area contributed by atoms with Crippen LogP contribution in [0.4, 0.5) is 10.5 Å². The van der Waals surface area contributed by atoms with Crippen molar-refractivity contribution >= 4 is 17.7 Å². The third-order valence-electron chi connectivity index (χ3n) is 4.46. The zero-order chi connectivity index (χ0) is 19.5. The maximum absolute atomic E-state index is 12.2. The Hall–Kier alpha value is -2.08. The van der Waals surface area contributed by atoms with Crippen LogP contribution in [-0.4, -0.2) is 39.8 Å². The van der Waals surface area contributed by atoms with Gasteiger partial charge in [-0.25, -0.2) is 4.79 Å². The average molecular weight is 362 g/mol. The summed E-state index contributed by atoms with van der Waals surface area (Å²) in [4.78, 5) is 26.0. The topological polar surface area (TPSA) is 78.9 Å². The molecule has 2 amide bonds. The Bertz CT molecular complexity index is 677. The van der Waals surface area contributed by atoms with Crippen LogP contribution in [0.2, 0.25) is 0 Å². The minimum absolute atomic E-state index is 0.0625. The van der Waals surface area contributed by atoms with Gasteiger partial charge in [-0.2, -0.15) is 0 Å². The number of amides is 2. The van der Waals surface area contributed by atoms with Gasteiger partial charge in [-0.15, -0.1) is 0 Å². The van der Waals surface area contributed by atoms with E-state index in [2.05, 4.69) is 5.32 Å². The zero-order valence-corrected chi connectivity index (χ0v) is 16.4. The second kappa shape index (κ2) is 7.66. The van der Waals surface area contributed by atoms with Gasteiger partial charge < -0.3 is 20.1 Å². The van der Waals surface area contributed by atoms with Crippen molar-refractivity contribution < 1.29 is 19.4 Å². The van der Waals surface area contributed by atoms with Crippen LogP contribution in [0, 0.1) is 0 Å². The number of nitrogens with zero attached hydrogens (tertiary/aromatic N) is 1. The molecule has 1 heterocycles. The van der Waals surface area contributed by atoms with E-state index < -0.39 is 11.2 Å². The number of rotatable bonds is 4. The first kappa shape index (κ1) is 20.2. The highest BCUT2D eigenvalue weighted by Crippen LogP contribution is 2.24. The van der Waals surface area contributed by atoms with Crippen molar-refractivity contribution in [2.75, 3.05) is 11.9 Å². The molecule has 1 aromatic rings. The average Bonchev–Trinajstić information content (AvgIpc) is 2.52. The zero-order valence-electron chi connectivity index (χ0n) is 16.4. The summed E-state index contributed by atoms with van der Waals surface area (Å²) in [7, 11) is 0. The summed E-state index contributed by atoms with van der Waals surface area (Å²) >= 11 is 0. The molecule has 0 radical (unpaired) electrons. The van der Waals surface area contributed by atoms with Gasteiger partial charge in [-0.05, 0) is 63.8 Å². The van der Waals surface area contributed by atoms with Crippen LogP contribution in [0.3, 0.4) is 0 Å². The number of anilines is 1. The van der Waals surface area contributed by atoms with Crippen molar-refractivity contribution in [3.8, 4) is 0 Å². The molecule has 1 atom stereocenters. The Morgan fingerprint density at radius 2 is 1.92 bits per heavy atom. The lowest BCUT2D eigenvalue weighted by atomic mass is 9.98. The number of ether oxygens (including phenoxy) is 1. The van der Waals surface area contributed by atoms with E-state index in [1.807, 2.05) is 45.9 Å². The number of aliphatic hydroxyl groups is 1. The smallest absolute Gasteiger partial charge is 0.410 e. The number of hydrogen-bond acceptors (Lipinski definition) is 4. The molecule has 0 aromatic heterocycles. The van der Waals surface area contributed by atoms with Gasteiger partial charge in [0.15, 0.2) is 0 Å². The van der Waals surface area contributed by atoms with Crippen molar-refractivity contribution in [1.82, 2.24) is 4.90 Å². The van der Waals surface area contributed by atoms with Gasteiger partial charge in [0.25, 0.3) is 0 Å². The molecule has 144 valence electrons. The molecule has 0 bridgehead atoms. The van der Waals surface area contributed by atoms with E-state index in [9.17, 15) is 14.7 Å². The minimum atomic E-state index is -0.994. The molecule has 2 N–H and O–H groups in total. The third kappa shape index (κ3) is 5.73. The molecular formula is C20H30N2O4. The molecule has 0 saturated heterocycles. The first-order valence-electron chi connectivity index (χ1n) is 9.11. The standard InChI is InChI=1S/C20H30N2O4/c1-6-20(5,25)12-17(23)21-16-8-7-15-13-22(10-9-14(15)11-16)18(24)26-19(2,3)4/h7-8,11,25H,6,9-10,12-13H2,1-5H3,(H,21,23). The van der Waals surface area contributed by atoms with E-state index in [0.29, 0.717) is 31.6 Å². The summed E-state index contributed by atoms with van der Waals surface area (Å²) in [5.74, 6) is -0.206. The number of nitrogens with one attached hydrogen (secondary N) is 1. The molecule has 1 unspecified atom stereocenters. The molecular weight excluding hydrogens is 332 g/mol. The minimum Gasteiger partial charge on any atom is -0.444 e. The molecule has 0 fully saturated rings. The molecule has 2 rings (SSSR count). The number of benzene rings is 1. The van der Waals surface area contributed by atoms with E-state index in [0.717, 1.165) is 11.1 Å². The van der Waals surface area contributed by atoms with Gasteiger partial charge in [0.2, 0.25) is 5.91 Å². The van der Waals surface area contributed by atoms with E-state index in [1.165, 1.54) is 0 Å². The van der Waals surface area contributed by atoms with Gasteiger partial charge in [0.1, 0.15) is 5.60 Å². The lowest BCUT2D eigenvalue weighted by Gasteiger charge is -2.31. The number of hydrogen-bond donors (Lipinski definition) is 2. The largest absolute Gasteiger partial charge is 0.444 e. The van der Waals surface area contributed by atoms with Crippen LogP contribution in [0.5, 0.6) is 0 Å². The van der Waals surface area contributed by atoms with Crippen molar-refractivity contribution in [2.45, 2.75) is 71.6 Å². The monoisotopic (exact) mass is 362 g/mol. The fraction of sp³-hybridized carbons (Fsp3) is 0.600. The van der Waals surface area contributed by atoms with Crippen LogP contribution in [0.25, 0.3) is 0 Å². The van der Waals surface area contributed by atoms with Gasteiger partial charge in [0, 0.05) is 18.8 Å². The van der Waals surface area contributed by atoms with E-state index >= 15 is 0 Å². The van der Waals surface area contributed by atoms with Crippen molar-refractivity contribution in [3.63, 3.8) is 0 Å². The first-order valence-corrected chi connectivity index (χ1v) is 9.11. The lowest BCUT2D eigenvalue weighted by molar-refractivity contribution is -0.120. The molecule has 0 saturated carbocycles. The van der Waals surface area contributed by atoms with Crippen LogP contribution in [-0.2, 0) is 22.5 Å². The van der Waals surface area contributed by atoms with E-state index in [1.54, 1.807) is 11.8 Å².